The third-order valence-corrected chi connectivity index (χ3v) is 4.57. The monoisotopic (exact) mass is 323 g/mol. The summed E-state index contributed by atoms with van der Waals surface area (Å²) < 4.78 is 1.04. The average molecular weight is 323 g/mol. The molecule has 0 unspecified atom stereocenters. The van der Waals surface area contributed by atoms with Gasteiger partial charge in [-0.1, -0.05) is 59.0 Å². The lowest BCUT2D eigenvalue weighted by Crippen LogP contribution is -2.21. The summed E-state index contributed by atoms with van der Waals surface area (Å²) in [5, 5.41) is 7.30. The Morgan fingerprint density at radius 3 is 2.74 bits per heavy atom. The summed E-state index contributed by atoms with van der Waals surface area (Å²) in [7, 11) is 0. The van der Waals surface area contributed by atoms with Crippen LogP contribution in [0, 0.1) is 0 Å². The predicted octanol–water partition coefficient (Wildman–Crippen LogP) is 3.75. The molecule has 1 aliphatic rings. The first-order valence-corrected chi connectivity index (χ1v) is 8.06. The van der Waals surface area contributed by atoms with Crippen LogP contribution in [-0.2, 0) is 9.63 Å². The summed E-state index contributed by atoms with van der Waals surface area (Å²) in [5.74, 6) is -0.262. The lowest BCUT2D eigenvalue weighted by molar-refractivity contribution is -0.110. The molecule has 114 valence electrons. The van der Waals surface area contributed by atoms with Crippen molar-refractivity contribution in [2.45, 2.75) is 12.5 Å². The van der Waals surface area contributed by atoms with Crippen LogP contribution < -0.4 is 5.32 Å². The van der Waals surface area contributed by atoms with E-state index in [1.54, 1.807) is 0 Å². The highest BCUT2D eigenvalue weighted by Crippen LogP contribution is 2.29. The number of carbonyl (C=O) groups is 1. The number of oxime groups is 1. The number of nitrogens with zero attached hydrogens (tertiary/aromatic N) is 2. The largest absolute Gasteiger partial charge is 0.387 e. The summed E-state index contributed by atoms with van der Waals surface area (Å²) in [6.07, 6.45) is 0.258. The zero-order valence-electron chi connectivity index (χ0n) is 12.1. The Kier molecular flexibility index (Phi) is 3.51. The van der Waals surface area contributed by atoms with Crippen molar-refractivity contribution in [3.05, 3.63) is 60.2 Å². The first kappa shape index (κ1) is 13.9. The first-order chi connectivity index (χ1) is 11.3. The number of fused-ring (bicyclic) bond motifs is 1. The minimum Gasteiger partial charge on any atom is -0.387 e. The van der Waals surface area contributed by atoms with Gasteiger partial charge in [-0.15, -0.1) is 0 Å². The molecule has 3 aromatic rings. The van der Waals surface area contributed by atoms with Gasteiger partial charge in [0.05, 0.1) is 10.2 Å². The van der Waals surface area contributed by atoms with Gasteiger partial charge in [0.15, 0.2) is 11.2 Å². The van der Waals surface area contributed by atoms with Crippen molar-refractivity contribution in [1.29, 1.82) is 0 Å². The van der Waals surface area contributed by atoms with Crippen molar-refractivity contribution < 1.29 is 9.63 Å². The summed E-state index contributed by atoms with van der Waals surface area (Å²) in [6.45, 7) is 0. The fourth-order valence-electron chi connectivity index (χ4n) is 2.45. The second-order valence-corrected chi connectivity index (χ2v) is 6.22. The molecule has 0 saturated carbocycles. The van der Waals surface area contributed by atoms with Crippen LogP contribution in [-0.4, -0.2) is 16.6 Å². The topological polar surface area (TPSA) is 63.6 Å². The highest BCUT2D eigenvalue weighted by Gasteiger charge is 2.27. The standard InChI is InChI=1S/C17H13N3O2S/c21-16(19-17-18-12-8-4-5-9-15(12)23-17)13-10-14(22-20-13)11-6-2-1-3-7-11/h1-9,14H,10H2,(H,18,19,21)/t14-/m0/s1. The number of para-hydroxylation sites is 1. The summed E-state index contributed by atoms with van der Waals surface area (Å²) >= 11 is 1.44. The second-order valence-electron chi connectivity index (χ2n) is 5.19. The van der Waals surface area contributed by atoms with E-state index in [-0.39, 0.29) is 12.0 Å². The number of amides is 1. The highest BCUT2D eigenvalue weighted by atomic mass is 32.1. The minimum atomic E-state index is -0.262. The SMILES string of the molecule is O=C(Nc1nc2ccccc2s1)C1=NO[C@H](c2ccccc2)C1. The zero-order valence-corrected chi connectivity index (χ0v) is 12.9. The maximum absolute atomic E-state index is 12.3. The van der Waals surface area contributed by atoms with E-state index < -0.39 is 0 Å². The Morgan fingerprint density at radius 2 is 1.91 bits per heavy atom. The molecule has 2 heterocycles. The number of benzene rings is 2. The van der Waals surface area contributed by atoms with Crippen LogP contribution >= 0.6 is 11.3 Å². The molecule has 0 spiro atoms. The molecular formula is C17H13N3O2S. The van der Waals surface area contributed by atoms with E-state index in [9.17, 15) is 4.79 Å². The van der Waals surface area contributed by atoms with Gasteiger partial charge < -0.3 is 4.84 Å². The van der Waals surface area contributed by atoms with Crippen LogP contribution in [0.2, 0.25) is 0 Å². The molecule has 1 amide bonds. The molecule has 4 rings (SSSR count). The maximum Gasteiger partial charge on any atom is 0.275 e. The fourth-order valence-corrected chi connectivity index (χ4v) is 3.31. The van der Waals surface area contributed by atoms with Gasteiger partial charge in [0.25, 0.3) is 5.91 Å². The van der Waals surface area contributed by atoms with Gasteiger partial charge in [-0.05, 0) is 17.7 Å². The molecule has 0 bridgehead atoms. The Bertz CT molecular complexity index is 856. The van der Waals surface area contributed by atoms with Crippen LogP contribution in [0.1, 0.15) is 18.1 Å². The molecular weight excluding hydrogens is 310 g/mol. The predicted molar refractivity (Wildman–Crippen MR) is 90.6 cm³/mol. The van der Waals surface area contributed by atoms with Gasteiger partial charge in [0.2, 0.25) is 0 Å². The van der Waals surface area contributed by atoms with E-state index in [1.165, 1.54) is 11.3 Å². The van der Waals surface area contributed by atoms with Gasteiger partial charge in [-0.3, -0.25) is 10.1 Å². The Labute approximate surface area is 136 Å². The van der Waals surface area contributed by atoms with E-state index in [4.69, 9.17) is 4.84 Å². The Balaban J connectivity index is 1.45. The van der Waals surface area contributed by atoms with Crippen molar-refractivity contribution in [2.75, 3.05) is 5.32 Å². The van der Waals surface area contributed by atoms with Crippen molar-refractivity contribution in [3.63, 3.8) is 0 Å². The fraction of sp³-hybridized carbons (Fsp3) is 0.118. The molecule has 0 radical (unpaired) electrons. The van der Waals surface area contributed by atoms with Gasteiger partial charge in [0, 0.05) is 6.42 Å². The molecule has 23 heavy (non-hydrogen) atoms. The van der Waals surface area contributed by atoms with E-state index in [0.29, 0.717) is 17.3 Å². The van der Waals surface area contributed by atoms with Crippen LogP contribution in [0.3, 0.4) is 0 Å². The molecule has 0 aliphatic carbocycles. The first-order valence-electron chi connectivity index (χ1n) is 7.24. The lowest BCUT2D eigenvalue weighted by atomic mass is 10.0. The van der Waals surface area contributed by atoms with Gasteiger partial charge in [-0.25, -0.2) is 4.98 Å². The van der Waals surface area contributed by atoms with Gasteiger partial charge in [-0.2, -0.15) is 0 Å². The van der Waals surface area contributed by atoms with Crippen LogP contribution in [0.5, 0.6) is 0 Å². The van der Waals surface area contributed by atoms with Crippen molar-refractivity contribution >= 4 is 38.3 Å². The molecule has 1 atom stereocenters. The van der Waals surface area contributed by atoms with Crippen LogP contribution in [0.15, 0.2) is 59.8 Å². The van der Waals surface area contributed by atoms with E-state index >= 15 is 0 Å². The van der Waals surface area contributed by atoms with Crippen molar-refractivity contribution in [3.8, 4) is 0 Å². The minimum absolute atomic E-state index is 0.202. The van der Waals surface area contributed by atoms with Crippen molar-refractivity contribution in [1.82, 2.24) is 4.98 Å². The number of hydrogen-bond donors (Lipinski definition) is 1. The molecule has 1 aliphatic heterocycles. The molecule has 0 fully saturated rings. The molecule has 2 aromatic carbocycles. The van der Waals surface area contributed by atoms with Crippen LogP contribution in [0.25, 0.3) is 10.2 Å². The van der Waals surface area contributed by atoms with Crippen LogP contribution in [0.4, 0.5) is 5.13 Å². The number of aromatic nitrogens is 1. The van der Waals surface area contributed by atoms with Gasteiger partial charge in [0.1, 0.15) is 5.71 Å². The highest BCUT2D eigenvalue weighted by molar-refractivity contribution is 7.22. The molecule has 5 nitrogen and oxygen atoms in total. The lowest BCUT2D eigenvalue weighted by Gasteiger charge is -2.07. The number of anilines is 1. The summed E-state index contributed by atoms with van der Waals surface area (Å²) in [6, 6.07) is 17.5. The smallest absolute Gasteiger partial charge is 0.275 e. The van der Waals surface area contributed by atoms with Crippen molar-refractivity contribution in [2.24, 2.45) is 5.16 Å². The summed E-state index contributed by atoms with van der Waals surface area (Å²) in [4.78, 5) is 22.1. The van der Waals surface area contributed by atoms with E-state index in [1.807, 2.05) is 54.6 Å². The number of hydrogen-bond acceptors (Lipinski definition) is 5. The maximum atomic E-state index is 12.3. The average Bonchev–Trinajstić information content (AvgIpc) is 3.22. The van der Waals surface area contributed by atoms with E-state index in [0.717, 1.165) is 15.8 Å². The molecule has 0 saturated heterocycles. The molecule has 6 heteroatoms. The number of nitrogens with one attached hydrogen (secondary N) is 1. The normalized spacial score (nSPS) is 16.9. The summed E-state index contributed by atoms with van der Waals surface area (Å²) in [5.41, 5.74) is 2.27. The zero-order chi connectivity index (χ0) is 15.6. The molecule has 1 aromatic heterocycles. The Morgan fingerprint density at radius 1 is 1.13 bits per heavy atom. The van der Waals surface area contributed by atoms with Gasteiger partial charge >= 0.3 is 0 Å². The molecule has 1 N–H and O–H groups in total. The third-order valence-electron chi connectivity index (χ3n) is 3.62. The third kappa shape index (κ3) is 2.80. The number of carbonyl (C=O) groups excluding carboxylic acids is 1. The number of thiazole rings is 1. The van der Waals surface area contributed by atoms with E-state index in [2.05, 4.69) is 15.5 Å². The second kappa shape index (κ2) is 5.81. The number of rotatable bonds is 3. The Hall–Kier alpha value is -2.73. The quantitative estimate of drug-likeness (QED) is 0.798.